The molecule has 0 aromatic heterocycles. The van der Waals surface area contributed by atoms with E-state index in [0.717, 1.165) is 56.6 Å². The van der Waals surface area contributed by atoms with Crippen LogP contribution in [0, 0.1) is 11.3 Å². The van der Waals surface area contributed by atoms with E-state index in [1.807, 2.05) is 35.2 Å². The van der Waals surface area contributed by atoms with Gasteiger partial charge in [-0.15, -0.1) is 0 Å². The van der Waals surface area contributed by atoms with Crippen molar-refractivity contribution in [2.45, 2.75) is 50.0 Å². The zero-order valence-electron chi connectivity index (χ0n) is 20.2. The fourth-order valence-electron chi connectivity index (χ4n) is 6.47. The third-order valence-electron chi connectivity index (χ3n) is 8.94. The zero-order valence-corrected chi connectivity index (χ0v) is 20.2. The van der Waals surface area contributed by atoms with Gasteiger partial charge in [-0.3, -0.25) is 9.59 Å². The monoisotopic (exact) mass is 474 g/mol. The van der Waals surface area contributed by atoms with Crippen molar-refractivity contribution in [1.82, 2.24) is 10.2 Å². The highest BCUT2D eigenvalue weighted by molar-refractivity contribution is 5.84. The molecule has 1 saturated carbocycles. The fraction of sp³-hybridized carbons (Fsp3) is 0.517. The van der Waals surface area contributed by atoms with Gasteiger partial charge in [0.15, 0.2) is 6.10 Å². The maximum Gasteiger partial charge on any atom is 0.263 e. The number of nitrogens with zero attached hydrogens (tertiary/aromatic N) is 1. The molecule has 6 rings (SSSR count). The van der Waals surface area contributed by atoms with Gasteiger partial charge in [-0.2, -0.15) is 0 Å². The largest absolute Gasteiger partial charge is 0.480 e. The van der Waals surface area contributed by atoms with Crippen LogP contribution in [0.2, 0.25) is 0 Å². The number of rotatable bonds is 5. The van der Waals surface area contributed by atoms with Gasteiger partial charge in [0.2, 0.25) is 5.91 Å². The van der Waals surface area contributed by atoms with E-state index in [1.54, 1.807) is 0 Å². The second-order valence-corrected chi connectivity index (χ2v) is 10.8. The number of hydrogen-bond donors (Lipinski definition) is 1. The number of hydrogen-bond acceptors (Lipinski definition) is 4. The van der Waals surface area contributed by atoms with Crippen molar-refractivity contribution in [3.05, 3.63) is 65.7 Å². The van der Waals surface area contributed by atoms with Gasteiger partial charge in [0.1, 0.15) is 5.75 Å². The molecule has 2 aromatic carbocycles. The van der Waals surface area contributed by atoms with Crippen LogP contribution in [0.1, 0.15) is 43.2 Å². The summed E-state index contributed by atoms with van der Waals surface area (Å²) in [6.45, 7) is 3.56. The zero-order chi connectivity index (χ0) is 23.9. The molecular weight excluding hydrogens is 440 g/mol. The molecule has 2 amide bonds. The van der Waals surface area contributed by atoms with Crippen molar-refractivity contribution in [2.24, 2.45) is 11.3 Å². The second kappa shape index (κ2) is 8.98. The Morgan fingerprint density at radius 3 is 2.40 bits per heavy atom. The number of nitrogens with one attached hydrogen (secondary N) is 1. The number of ether oxygens (including phenoxy) is 2. The highest BCUT2D eigenvalue weighted by Crippen LogP contribution is 2.59. The minimum absolute atomic E-state index is 0.0497. The number of para-hydroxylation sites is 1. The van der Waals surface area contributed by atoms with E-state index in [1.165, 1.54) is 5.56 Å². The van der Waals surface area contributed by atoms with Crippen LogP contribution in [0.4, 0.5) is 0 Å². The number of carbonyl (C=O) groups excluding carboxylic acids is 2. The maximum atomic E-state index is 13.2. The Morgan fingerprint density at radius 1 is 0.943 bits per heavy atom. The van der Waals surface area contributed by atoms with Crippen LogP contribution in [-0.4, -0.2) is 55.7 Å². The summed E-state index contributed by atoms with van der Waals surface area (Å²) in [6.07, 6.45) is 4.83. The van der Waals surface area contributed by atoms with E-state index in [-0.39, 0.29) is 28.6 Å². The van der Waals surface area contributed by atoms with Crippen LogP contribution in [0.15, 0.2) is 54.6 Å². The average Bonchev–Trinajstić information content (AvgIpc) is 3.43. The Morgan fingerprint density at radius 2 is 1.66 bits per heavy atom. The predicted octanol–water partition coefficient (Wildman–Crippen LogP) is 3.48. The molecular formula is C29H34N2O4. The quantitative estimate of drug-likeness (QED) is 0.721. The molecule has 3 heterocycles. The van der Waals surface area contributed by atoms with E-state index >= 15 is 0 Å². The van der Waals surface area contributed by atoms with Gasteiger partial charge in [-0.25, -0.2) is 0 Å². The molecule has 2 atom stereocenters. The summed E-state index contributed by atoms with van der Waals surface area (Å²) in [5.41, 5.74) is 2.41. The second-order valence-electron chi connectivity index (χ2n) is 10.8. The Hall–Kier alpha value is -2.86. The van der Waals surface area contributed by atoms with Crippen molar-refractivity contribution < 1.29 is 19.1 Å². The molecule has 3 aliphatic heterocycles. The summed E-state index contributed by atoms with van der Waals surface area (Å²) in [5, 5.41) is 3.32. The lowest BCUT2D eigenvalue weighted by Gasteiger charge is -2.38. The highest BCUT2D eigenvalue weighted by atomic mass is 16.5. The minimum atomic E-state index is -0.409. The molecule has 0 bridgehead atoms. The molecule has 6 heteroatoms. The molecule has 1 aliphatic carbocycles. The number of piperidine rings is 1. The summed E-state index contributed by atoms with van der Waals surface area (Å²) in [7, 11) is 0. The lowest BCUT2D eigenvalue weighted by molar-refractivity contribution is -0.139. The Labute approximate surface area is 207 Å². The van der Waals surface area contributed by atoms with Gasteiger partial charge in [-0.05, 0) is 54.7 Å². The molecule has 0 radical (unpaired) electrons. The molecule has 1 spiro atoms. The minimum Gasteiger partial charge on any atom is -0.480 e. The van der Waals surface area contributed by atoms with Gasteiger partial charge in [0.05, 0.1) is 0 Å². The highest BCUT2D eigenvalue weighted by Gasteiger charge is 2.59. The molecule has 35 heavy (non-hydrogen) atoms. The summed E-state index contributed by atoms with van der Waals surface area (Å²) in [6, 6.07) is 18.4. The van der Waals surface area contributed by atoms with E-state index in [9.17, 15) is 9.59 Å². The Balaban J connectivity index is 1.03. The normalized spacial score (nSPS) is 26.0. The first-order valence-corrected chi connectivity index (χ1v) is 13.0. The standard InChI is InChI=1S/C29H34N2O4/c32-26(30-20-29(12-16-34-17-13-29)22-7-2-1-3-8-22)23-19-28(23)10-14-31(15-11-28)27(33)25-18-21-6-4-5-9-24(21)35-25/h1-9,23,25H,10-20H2,(H,30,32)/t23-,25+/m0/s1. The van der Waals surface area contributed by atoms with Crippen molar-refractivity contribution in [3.8, 4) is 5.75 Å². The van der Waals surface area contributed by atoms with E-state index < -0.39 is 6.10 Å². The molecule has 1 N–H and O–H groups in total. The third-order valence-corrected chi connectivity index (χ3v) is 8.94. The number of benzene rings is 2. The molecule has 2 saturated heterocycles. The fourth-order valence-corrected chi connectivity index (χ4v) is 6.47. The molecule has 4 aliphatic rings. The Bertz CT molecular complexity index is 1060. The Kier molecular flexibility index (Phi) is 5.79. The summed E-state index contributed by atoms with van der Waals surface area (Å²) in [4.78, 5) is 28.2. The summed E-state index contributed by atoms with van der Waals surface area (Å²) >= 11 is 0. The van der Waals surface area contributed by atoms with Crippen LogP contribution in [0.25, 0.3) is 0 Å². The van der Waals surface area contributed by atoms with Crippen LogP contribution in [-0.2, 0) is 26.2 Å². The van der Waals surface area contributed by atoms with Gasteiger partial charge in [0, 0.05) is 50.6 Å². The van der Waals surface area contributed by atoms with Gasteiger partial charge < -0.3 is 19.7 Å². The summed E-state index contributed by atoms with van der Waals surface area (Å²) < 4.78 is 11.6. The SMILES string of the molecule is O=C(NCC1(c2ccccc2)CCOCC1)[C@@H]1CC12CCN(C(=O)[C@H]1Cc3ccccc3O1)CC2. The number of likely N-dealkylation sites (tertiary alicyclic amines) is 1. The summed E-state index contributed by atoms with van der Waals surface area (Å²) in [5.74, 6) is 1.17. The van der Waals surface area contributed by atoms with Gasteiger partial charge >= 0.3 is 0 Å². The molecule has 184 valence electrons. The first kappa shape index (κ1) is 22.6. The number of amides is 2. The lowest BCUT2D eigenvalue weighted by Crippen LogP contribution is -2.47. The topological polar surface area (TPSA) is 67.9 Å². The average molecular weight is 475 g/mol. The van der Waals surface area contributed by atoms with Crippen LogP contribution >= 0.6 is 0 Å². The first-order chi connectivity index (χ1) is 17.1. The smallest absolute Gasteiger partial charge is 0.263 e. The van der Waals surface area contributed by atoms with E-state index in [2.05, 4.69) is 29.6 Å². The lowest BCUT2D eigenvalue weighted by atomic mass is 9.74. The predicted molar refractivity (Wildman–Crippen MR) is 132 cm³/mol. The first-order valence-electron chi connectivity index (χ1n) is 13.0. The van der Waals surface area contributed by atoms with Crippen LogP contribution in [0.3, 0.4) is 0 Å². The van der Waals surface area contributed by atoms with E-state index in [0.29, 0.717) is 26.1 Å². The van der Waals surface area contributed by atoms with Crippen molar-refractivity contribution in [2.75, 3.05) is 32.8 Å². The van der Waals surface area contributed by atoms with Gasteiger partial charge in [0.25, 0.3) is 5.91 Å². The van der Waals surface area contributed by atoms with Gasteiger partial charge in [-0.1, -0.05) is 48.5 Å². The molecule has 6 nitrogen and oxygen atoms in total. The van der Waals surface area contributed by atoms with Crippen LogP contribution in [0.5, 0.6) is 5.75 Å². The van der Waals surface area contributed by atoms with Crippen LogP contribution < -0.4 is 10.1 Å². The number of carbonyl (C=O) groups is 2. The molecule has 0 unspecified atom stereocenters. The van der Waals surface area contributed by atoms with Crippen molar-refractivity contribution in [1.29, 1.82) is 0 Å². The van der Waals surface area contributed by atoms with Crippen molar-refractivity contribution >= 4 is 11.8 Å². The third kappa shape index (κ3) is 4.22. The molecule has 2 aromatic rings. The van der Waals surface area contributed by atoms with Crippen molar-refractivity contribution in [3.63, 3.8) is 0 Å². The number of fused-ring (bicyclic) bond motifs is 1. The van der Waals surface area contributed by atoms with E-state index in [4.69, 9.17) is 9.47 Å². The molecule has 3 fully saturated rings. The maximum absolute atomic E-state index is 13.2.